The molecule has 0 aliphatic carbocycles. The first-order valence-corrected chi connectivity index (χ1v) is 9.74. The molecule has 3 aromatic rings. The molecule has 6 nitrogen and oxygen atoms in total. The summed E-state index contributed by atoms with van der Waals surface area (Å²) in [7, 11) is 1.56. The molecule has 0 fully saturated rings. The van der Waals surface area contributed by atoms with Crippen molar-refractivity contribution in [1.82, 2.24) is 0 Å². The maximum atomic E-state index is 12.0. The lowest BCUT2D eigenvalue weighted by molar-refractivity contribution is 0.0703. The van der Waals surface area contributed by atoms with Crippen molar-refractivity contribution >= 4 is 39.9 Å². The van der Waals surface area contributed by atoms with Gasteiger partial charge >= 0.3 is 5.97 Å². The number of carboxylic acids is 1. The van der Waals surface area contributed by atoms with E-state index in [9.17, 15) is 18.7 Å². The van der Waals surface area contributed by atoms with Crippen LogP contribution in [0.3, 0.4) is 0 Å². The molecule has 0 amide bonds. The average molecular weight is 402 g/mol. The van der Waals surface area contributed by atoms with E-state index >= 15 is 0 Å². The van der Waals surface area contributed by atoms with Crippen molar-refractivity contribution in [2.75, 3.05) is 11.4 Å². The lowest BCUT2D eigenvalue weighted by atomic mass is 10.1. The average Bonchev–Trinajstić information content (AvgIpc) is 3.08. The maximum absolute atomic E-state index is 12.0. The van der Waals surface area contributed by atoms with Gasteiger partial charge in [0.2, 0.25) is 0 Å². The molecule has 1 unspecified atom stereocenters. The third-order valence-corrected chi connectivity index (χ3v) is 5.84. The Morgan fingerprint density at radius 1 is 1.15 bits per heavy atom. The van der Waals surface area contributed by atoms with Gasteiger partial charge in [-0.25, -0.2) is 4.79 Å². The highest BCUT2D eigenvalue weighted by molar-refractivity contribution is 7.81. The van der Waals surface area contributed by atoms with Gasteiger partial charge in [0.05, 0.1) is 29.8 Å². The SMILES string of the molecule is COc1ccc(-c2cc(N(c3ccccc3C)S(=O)[O-])c(C(=O)O)s2)cc1. The van der Waals surface area contributed by atoms with Gasteiger partial charge in [-0.15, -0.1) is 11.3 Å². The summed E-state index contributed by atoms with van der Waals surface area (Å²) in [5.74, 6) is -0.505. The predicted molar refractivity (Wildman–Crippen MR) is 106 cm³/mol. The molecule has 0 aliphatic heterocycles. The van der Waals surface area contributed by atoms with Gasteiger partial charge in [-0.05, 0) is 54.4 Å². The van der Waals surface area contributed by atoms with E-state index in [4.69, 9.17) is 4.74 Å². The topological polar surface area (TPSA) is 89.9 Å². The zero-order chi connectivity index (χ0) is 19.6. The second-order valence-corrected chi connectivity index (χ2v) is 7.51. The number of hydrogen-bond donors (Lipinski definition) is 1. The highest BCUT2D eigenvalue weighted by atomic mass is 32.2. The van der Waals surface area contributed by atoms with Crippen molar-refractivity contribution < 1.29 is 23.4 Å². The summed E-state index contributed by atoms with van der Waals surface area (Å²) in [6.07, 6.45) is 0. The lowest BCUT2D eigenvalue weighted by Gasteiger charge is -2.27. The zero-order valence-electron chi connectivity index (χ0n) is 14.5. The van der Waals surface area contributed by atoms with Gasteiger partial charge in [0.25, 0.3) is 0 Å². The van der Waals surface area contributed by atoms with Gasteiger partial charge in [0.15, 0.2) is 0 Å². The molecule has 0 bridgehead atoms. The molecule has 0 aliphatic rings. The first-order valence-electron chi connectivity index (χ1n) is 7.89. The molecule has 27 heavy (non-hydrogen) atoms. The van der Waals surface area contributed by atoms with E-state index in [1.165, 1.54) is 0 Å². The largest absolute Gasteiger partial charge is 0.755 e. The second-order valence-electron chi connectivity index (χ2n) is 5.66. The van der Waals surface area contributed by atoms with Crippen LogP contribution in [0.25, 0.3) is 10.4 Å². The number of carboxylic acid groups (broad SMARTS) is 1. The monoisotopic (exact) mass is 402 g/mol. The highest BCUT2D eigenvalue weighted by Crippen LogP contribution is 2.41. The van der Waals surface area contributed by atoms with Crippen LogP contribution in [-0.4, -0.2) is 26.9 Å². The quantitative estimate of drug-likeness (QED) is 0.619. The Labute approximate surface area is 163 Å². The predicted octanol–water partition coefficient (Wildman–Crippen LogP) is 4.36. The Morgan fingerprint density at radius 3 is 2.37 bits per heavy atom. The molecule has 0 saturated heterocycles. The van der Waals surface area contributed by atoms with Gasteiger partial charge in [0, 0.05) is 4.88 Å². The van der Waals surface area contributed by atoms with Gasteiger partial charge in [-0.2, -0.15) is 0 Å². The summed E-state index contributed by atoms with van der Waals surface area (Å²) in [6, 6.07) is 15.6. The normalized spacial score (nSPS) is 11.8. The van der Waals surface area contributed by atoms with Gasteiger partial charge in [-0.1, -0.05) is 18.2 Å². The fourth-order valence-electron chi connectivity index (χ4n) is 2.66. The van der Waals surface area contributed by atoms with E-state index in [0.717, 1.165) is 26.8 Å². The second kappa shape index (κ2) is 7.91. The summed E-state index contributed by atoms with van der Waals surface area (Å²) in [4.78, 5) is 12.4. The van der Waals surface area contributed by atoms with E-state index in [1.54, 1.807) is 68.6 Å². The third-order valence-electron chi connectivity index (χ3n) is 3.98. The molecule has 0 saturated carbocycles. The number of anilines is 2. The molecule has 0 radical (unpaired) electrons. The standard InChI is InChI=1S/C19H17NO5S2/c1-12-5-3-4-6-15(12)20(27(23)24)16-11-17(26-18(16)19(21)22)13-7-9-14(25-2)10-8-13/h3-11H,1-2H3,(H,21,22)(H,23,24)/p-1. The van der Waals surface area contributed by atoms with Crippen molar-refractivity contribution in [3.05, 3.63) is 65.0 Å². The lowest BCUT2D eigenvalue weighted by Crippen LogP contribution is -2.21. The van der Waals surface area contributed by atoms with Crippen LogP contribution < -0.4 is 9.04 Å². The molecular formula is C19H16NO5S2-. The summed E-state index contributed by atoms with van der Waals surface area (Å²) in [5.41, 5.74) is 2.01. The third kappa shape index (κ3) is 3.87. The molecule has 1 atom stereocenters. The van der Waals surface area contributed by atoms with E-state index in [0.29, 0.717) is 16.3 Å². The van der Waals surface area contributed by atoms with Crippen LogP contribution >= 0.6 is 11.3 Å². The first-order chi connectivity index (χ1) is 12.9. The summed E-state index contributed by atoms with van der Waals surface area (Å²) >= 11 is -1.66. The molecule has 3 rings (SSSR count). The Kier molecular flexibility index (Phi) is 5.59. The van der Waals surface area contributed by atoms with Crippen LogP contribution in [0.2, 0.25) is 0 Å². The van der Waals surface area contributed by atoms with E-state index in [2.05, 4.69) is 0 Å². The van der Waals surface area contributed by atoms with E-state index < -0.39 is 17.2 Å². The number of methoxy groups -OCH3 is 1. The molecule has 1 N–H and O–H groups in total. The number of carbonyl (C=O) groups is 1. The highest BCUT2D eigenvalue weighted by Gasteiger charge is 2.24. The molecule has 0 spiro atoms. The molecule has 2 aromatic carbocycles. The number of ether oxygens (including phenoxy) is 1. The Bertz CT molecular complexity index is 998. The minimum absolute atomic E-state index is 0.0479. The minimum Gasteiger partial charge on any atom is -0.755 e. The molecular weight excluding hydrogens is 386 g/mol. The first kappa shape index (κ1) is 19.1. The van der Waals surface area contributed by atoms with Crippen molar-refractivity contribution in [3.8, 4) is 16.2 Å². The summed E-state index contributed by atoms with van der Waals surface area (Å²) < 4.78 is 30.1. The molecule has 1 aromatic heterocycles. The van der Waals surface area contributed by atoms with Gasteiger partial charge < -0.3 is 14.4 Å². The number of aromatic carboxylic acids is 1. The van der Waals surface area contributed by atoms with Crippen LogP contribution in [0.15, 0.2) is 54.6 Å². The smallest absolute Gasteiger partial charge is 0.348 e. The van der Waals surface area contributed by atoms with Crippen LogP contribution in [0.5, 0.6) is 5.75 Å². The number of para-hydroxylation sites is 1. The van der Waals surface area contributed by atoms with Gasteiger partial charge in [0.1, 0.15) is 10.6 Å². The number of hydrogen-bond acceptors (Lipinski definition) is 5. The van der Waals surface area contributed by atoms with Crippen LogP contribution in [0.1, 0.15) is 15.2 Å². The molecule has 8 heteroatoms. The Morgan fingerprint density at radius 2 is 1.81 bits per heavy atom. The number of benzene rings is 2. The maximum Gasteiger partial charge on any atom is 0.348 e. The number of thiophene rings is 1. The van der Waals surface area contributed by atoms with Crippen molar-refractivity contribution in [2.45, 2.75) is 6.92 Å². The summed E-state index contributed by atoms with van der Waals surface area (Å²) in [6.45, 7) is 1.77. The zero-order valence-corrected chi connectivity index (χ0v) is 16.2. The van der Waals surface area contributed by atoms with Crippen molar-refractivity contribution in [1.29, 1.82) is 0 Å². The molecule has 140 valence electrons. The number of nitrogens with zero attached hydrogens (tertiary/aromatic N) is 1. The van der Waals surface area contributed by atoms with Crippen LogP contribution in [0, 0.1) is 6.92 Å². The van der Waals surface area contributed by atoms with Crippen molar-refractivity contribution in [2.24, 2.45) is 0 Å². The van der Waals surface area contributed by atoms with E-state index in [1.807, 2.05) is 0 Å². The summed E-state index contributed by atoms with van der Waals surface area (Å²) in [5, 5.41) is 9.62. The molecule has 1 heterocycles. The Hall–Kier alpha value is -2.68. The minimum atomic E-state index is -2.68. The van der Waals surface area contributed by atoms with Crippen molar-refractivity contribution in [3.63, 3.8) is 0 Å². The Balaban J connectivity index is 2.15. The fourth-order valence-corrected chi connectivity index (χ4v) is 4.38. The van der Waals surface area contributed by atoms with E-state index in [-0.39, 0.29) is 10.6 Å². The van der Waals surface area contributed by atoms with Gasteiger partial charge in [-0.3, -0.25) is 8.51 Å². The van der Waals surface area contributed by atoms with Crippen LogP contribution in [0.4, 0.5) is 11.4 Å². The van der Waals surface area contributed by atoms with Crippen LogP contribution in [-0.2, 0) is 11.3 Å². The number of rotatable bonds is 6. The fraction of sp³-hybridized carbons (Fsp3) is 0.105. The number of aryl methyl sites for hydroxylation is 1.